The highest BCUT2D eigenvalue weighted by Gasteiger charge is 2.32. The second-order valence-electron chi connectivity index (χ2n) is 10.3. The van der Waals surface area contributed by atoms with Crippen molar-refractivity contribution in [1.29, 1.82) is 0 Å². The normalized spacial score (nSPS) is 21.0. The van der Waals surface area contributed by atoms with Crippen LogP contribution in [0.25, 0.3) is 0 Å². The molecule has 194 valence electrons. The van der Waals surface area contributed by atoms with Gasteiger partial charge >= 0.3 is 6.03 Å². The summed E-state index contributed by atoms with van der Waals surface area (Å²) in [6.45, 7) is 6.20. The van der Waals surface area contributed by atoms with Crippen LogP contribution >= 0.6 is 0 Å². The van der Waals surface area contributed by atoms with E-state index in [1.165, 1.54) is 12.8 Å². The first-order chi connectivity index (χ1) is 17.3. The SMILES string of the molecule is C[C@@H]1CN([C@@H](C)CO)C(=O)Cc2cc(NC(=O)Nc3ccccc3)ccc2O[C@H]1CN(C)CC1CC1. The third-order valence-corrected chi connectivity index (χ3v) is 6.96. The molecule has 8 heteroatoms. The minimum Gasteiger partial charge on any atom is -0.488 e. The molecular weight excluding hydrogens is 456 g/mol. The molecule has 1 saturated carbocycles. The van der Waals surface area contributed by atoms with Crippen molar-refractivity contribution in [2.45, 2.75) is 45.3 Å². The first-order valence-corrected chi connectivity index (χ1v) is 12.8. The Labute approximate surface area is 213 Å². The molecule has 2 aromatic carbocycles. The van der Waals surface area contributed by atoms with Crippen molar-refractivity contribution in [2.75, 3.05) is 43.9 Å². The summed E-state index contributed by atoms with van der Waals surface area (Å²) in [5.41, 5.74) is 1.99. The van der Waals surface area contributed by atoms with Gasteiger partial charge in [-0.25, -0.2) is 4.79 Å². The zero-order valence-electron chi connectivity index (χ0n) is 21.4. The van der Waals surface area contributed by atoms with Gasteiger partial charge in [0.05, 0.1) is 19.1 Å². The summed E-state index contributed by atoms with van der Waals surface area (Å²) in [5, 5.41) is 15.5. The van der Waals surface area contributed by atoms with E-state index in [0.29, 0.717) is 23.7 Å². The van der Waals surface area contributed by atoms with Gasteiger partial charge in [-0.05, 0) is 63.1 Å². The average molecular weight is 495 g/mol. The van der Waals surface area contributed by atoms with Gasteiger partial charge in [-0.1, -0.05) is 25.1 Å². The maximum absolute atomic E-state index is 13.3. The minimum absolute atomic E-state index is 0.0638. The number of rotatable bonds is 8. The predicted octanol–water partition coefficient (Wildman–Crippen LogP) is 3.82. The fourth-order valence-electron chi connectivity index (χ4n) is 4.66. The van der Waals surface area contributed by atoms with E-state index >= 15 is 0 Å². The number of hydrogen-bond acceptors (Lipinski definition) is 5. The summed E-state index contributed by atoms with van der Waals surface area (Å²) in [6.07, 6.45) is 2.59. The summed E-state index contributed by atoms with van der Waals surface area (Å²) < 4.78 is 6.56. The molecule has 1 aliphatic carbocycles. The average Bonchev–Trinajstić information content (AvgIpc) is 3.66. The van der Waals surface area contributed by atoms with Crippen LogP contribution in [0.15, 0.2) is 48.5 Å². The van der Waals surface area contributed by atoms with Crippen LogP contribution in [0, 0.1) is 11.8 Å². The highest BCUT2D eigenvalue weighted by Crippen LogP contribution is 2.31. The molecular formula is C28H38N4O4. The third-order valence-electron chi connectivity index (χ3n) is 6.96. The topological polar surface area (TPSA) is 94.1 Å². The molecule has 3 amide bonds. The van der Waals surface area contributed by atoms with E-state index in [2.05, 4.69) is 29.5 Å². The smallest absolute Gasteiger partial charge is 0.323 e. The van der Waals surface area contributed by atoms with Gasteiger partial charge in [0.2, 0.25) is 5.91 Å². The van der Waals surface area contributed by atoms with Crippen LogP contribution in [0.3, 0.4) is 0 Å². The van der Waals surface area contributed by atoms with Crippen molar-refractivity contribution in [2.24, 2.45) is 11.8 Å². The Balaban J connectivity index is 1.55. The molecule has 36 heavy (non-hydrogen) atoms. The summed E-state index contributed by atoms with van der Waals surface area (Å²) in [4.78, 5) is 29.9. The van der Waals surface area contributed by atoms with Crippen molar-refractivity contribution in [3.05, 3.63) is 54.1 Å². The molecule has 1 heterocycles. The number of carbonyl (C=O) groups is 2. The number of aliphatic hydroxyl groups is 1. The van der Waals surface area contributed by atoms with E-state index in [1.807, 2.05) is 43.3 Å². The summed E-state index contributed by atoms with van der Waals surface area (Å²) in [7, 11) is 2.12. The number of ether oxygens (including phenoxy) is 1. The summed E-state index contributed by atoms with van der Waals surface area (Å²) in [5.74, 6) is 1.45. The van der Waals surface area contributed by atoms with Crippen LogP contribution < -0.4 is 15.4 Å². The Kier molecular flexibility index (Phi) is 8.48. The molecule has 0 aromatic heterocycles. The standard InChI is InChI=1S/C28H38N4O4/c1-19-15-32(20(2)18-33)27(34)14-22-13-24(30-28(35)29-23-7-5-4-6-8-23)11-12-25(22)36-26(19)17-31(3)16-21-9-10-21/h4-8,11-13,19-21,26,33H,9-10,14-18H2,1-3H3,(H2,29,30,35)/t19-,20+,26+/m1/s1. The quantitative estimate of drug-likeness (QED) is 0.519. The maximum atomic E-state index is 13.3. The van der Waals surface area contributed by atoms with Crippen LogP contribution in [0.4, 0.5) is 16.2 Å². The lowest BCUT2D eigenvalue weighted by molar-refractivity contribution is -0.134. The van der Waals surface area contributed by atoms with Crippen molar-refractivity contribution in [3.63, 3.8) is 0 Å². The van der Waals surface area contributed by atoms with E-state index in [4.69, 9.17) is 4.74 Å². The minimum atomic E-state index is -0.361. The van der Waals surface area contributed by atoms with Gasteiger partial charge in [-0.3, -0.25) is 4.79 Å². The van der Waals surface area contributed by atoms with Crippen LogP contribution in [-0.2, 0) is 11.2 Å². The lowest BCUT2D eigenvalue weighted by atomic mass is 10.0. The Bertz CT molecular complexity index is 1040. The van der Waals surface area contributed by atoms with Gasteiger partial charge in [0.15, 0.2) is 0 Å². The Morgan fingerprint density at radius 2 is 1.86 bits per heavy atom. The number of para-hydroxylation sites is 1. The first-order valence-electron chi connectivity index (χ1n) is 12.8. The number of nitrogens with zero attached hydrogens (tertiary/aromatic N) is 2. The van der Waals surface area contributed by atoms with Crippen LogP contribution in [0.1, 0.15) is 32.3 Å². The lowest BCUT2D eigenvalue weighted by Gasteiger charge is -2.34. The highest BCUT2D eigenvalue weighted by molar-refractivity contribution is 5.99. The number of likely N-dealkylation sites (N-methyl/N-ethyl adjacent to an activating group) is 1. The van der Waals surface area contributed by atoms with Crippen LogP contribution in [-0.4, -0.2) is 72.3 Å². The number of urea groups is 1. The third kappa shape index (κ3) is 6.98. The van der Waals surface area contributed by atoms with Gasteiger partial charge in [-0.15, -0.1) is 0 Å². The zero-order valence-corrected chi connectivity index (χ0v) is 21.4. The molecule has 4 rings (SSSR count). The zero-order chi connectivity index (χ0) is 25.7. The van der Waals surface area contributed by atoms with Gasteiger partial charge in [-0.2, -0.15) is 0 Å². The van der Waals surface area contributed by atoms with E-state index in [0.717, 1.165) is 24.6 Å². The number of carbonyl (C=O) groups excluding carboxylic acids is 2. The van der Waals surface area contributed by atoms with E-state index in [-0.39, 0.29) is 43.0 Å². The Morgan fingerprint density at radius 3 is 2.56 bits per heavy atom. The largest absolute Gasteiger partial charge is 0.488 e. The summed E-state index contributed by atoms with van der Waals surface area (Å²) in [6, 6.07) is 14.0. The molecule has 2 aliphatic rings. The fourth-order valence-corrected chi connectivity index (χ4v) is 4.66. The molecule has 8 nitrogen and oxygen atoms in total. The molecule has 1 fully saturated rings. The van der Waals surface area contributed by atoms with E-state index in [9.17, 15) is 14.7 Å². The molecule has 1 aliphatic heterocycles. The van der Waals surface area contributed by atoms with Gasteiger partial charge in [0.1, 0.15) is 11.9 Å². The number of nitrogens with one attached hydrogen (secondary N) is 2. The van der Waals surface area contributed by atoms with Gasteiger partial charge in [0, 0.05) is 42.5 Å². The first kappa shape index (κ1) is 26.0. The number of aliphatic hydroxyl groups excluding tert-OH is 1. The second-order valence-corrected chi connectivity index (χ2v) is 10.3. The molecule has 0 radical (unpaired) electrons. The Morgan fingerprint density at radius 1 is 1.14 bits per heavy atom. The Hall–Kier alpha value is -3.10. The van der Waals surface area contributed by atoms with E-state index < -0.39 is 0 Å². The molecule has 3 N–H and O–H groups in total. The molecule has 0 saturated heterocycles. The fraction of sp³-hybridized carbons (Fsp3) is 0.500. The number of benzene rings is 2. The maximum Gasteiger partial charge on any atom is 0.323 e. The highest BCUT2D eigenvalue weighted by atomic mass is 16.5. The molecule has 3 atom stereocenters. The number of hydrogen-bond donors (Lipinski definition) is 3. The molecule has 0 unspecified atom stereocenters. The number of anilines is 2. The number of amides is 3. The van der Waals surface area contributed by atoms with Gasteiger partial charge in [0.25, 0.3) is 0 Å². The van der Waals surface area contributed by atoms with Crippen molar-refractivity contribution >= 4 is 23.3 Å². The van der Waals surface area contributed by atoms with E-state index in [1.54, 1.807) is 17.0 Å². The van der Waals surface area contributed by atoms with Crippen molar-refractivity contribution < 1.29 is 19.4 Å². The molecule has 2 aromatic rings. The van der Waals surface area contributed by atoms with Crippen molar-refractivity contribution in [3.8, 4) is 5.75 Å². The van der Waals surface area contributed by atoms with Gasteiger partial charge < -0.3 is 30.3 Å². The molecule has 0 spiro atoms. The van der Waals surface area contributed by atoms with Crippen LogP contribution in [0.2, 0.25) is 0 Å². The van der Waals surface area contributed by atoms with Crippen molar-refractivity contribution in [1.82, 2.24) is 9.80 Å². The monoisotopic (exact) mass is 494 g/mol. The predicted molar refractivity (Wildman–Crippen MR) is 141 cm³/mol. The van der Waals surface area contributed by atoms with Crippen LogP contribution in [0.5, 0.6) is 5.75 Å². The molecule has 0 bridgehead atoms. The second kappa shape index (κ2) is 11.8. The number of fused-ring (bicyclic) bond motifs is 1. The lowest BCUT2D eigenvalue weighted by Crippen LogP contribution is -2.47. The summed E-state index contributed by atoms with van der Waals surface area (Å²) >= 11 is 0.